The molecule has 2 aromatic heterocycles. The SMILES string of the molecule is N#CC1(NC(=O)Cn2cnc3sc4c(c3c2=O)CCC4)CCCC1. The van der Waals surface area contributed by atoms with Crippen LogP contribution in [0.15, 0.2) is 11.1 Å². The summed E-state index contributed by atoms with van der Waals surface area (Å²) < 4.78 is 1.36. The van der Waals surface area contributed by atoms with E-state index in [1.807, 2.05) is 0 Å². The third-order valence-electron chi connectivity index (χ3n) is 5.06. The molecular formula is C17H18N4O2S. The number of amides is 1. The molecule has 2 aromatic rings. The second-order valence-electron chi connectivity index (χ2n) is 6.66. The van der Waals surface area contributed by atoms with Crippen molar-refractivity contribution in [2.45, 2.75) is 57.0 Å². The lowest BCUT2D eigenvalue weighted by Gasteiger charge is -2.22. The minimum Gasteiger partial charge on any atom is -0.336 e. The van der Waals surface area contributed by atoms with Gasteiger partial charge in [0.05, 0.1) is 17.8 Å². The van der Waals surface area contributed by atoms with E-state index in [1.165, 1.54) is 15.8 Å². The monoisotopic (exact) mass is 342 g/mol. The molecule has 0 atom stereocenters. The molecule has 0 aliphatic heterocycles. The molecule has 0 unspecified atom stereocenters. The summed E-state index contributed by atoms with van der Waals surface area (Å²) in [4.78, 5) is 31.5. The summed E-state index contributed by atoms with van der Waals surface area (Å²) >= 11 is 1.59. The van der Waals surface area contributed by atoms with E-state index in [0.29, 0.717) is 18.2 Å². The molecule has 2 heterocycles. The number of carbonyl (C=O) groups excluding carboxylic acids is 1. The Bertz CT molecular complexity index is 915. The van der Waals surface area contributed by atoms with Crippen LogP contribution in [0.1, 0.15) is 42.5 Å². The summed E-state index contributed by atoms with van der Waals surface area (Å²) in [6.07, 6.45) is 7.71. The number of hydrogen-bond donors (Lipinski definition) is 1. The number of carbonyl (C=O) groups is 1. The van der Waals surface area contributed by atoms with E-state index in [1.54, 1.807) is 11.3 Å². The summed E-state index contributed by atoms with van der Waals surface area (Å²) in [5, 5.41) is 12.9. The minimum absolute atomic E-state index is 0.0875. The third-order valence-corrected chi connectivity index (χ3v) is 6.26. The molecule has 24 heavy (non-hydrogen) atoms. The topological polar surface area (TPSA) is 87.8 Å². The minimum atomic E-state index is -0.762. The molecule has 6 nitrogen and oxygen atoms in total. The zero-order chi connectivity index (χ0) is 16.7. The highest BCUT2D eigenvalue weighted by atomic mass is 32.1. The van der Waals surface area contributed by atoms with Gasteiger partial charge in [-0.05, 0) is 50.5 Å². The lowest BCUT2D eigenvalue weighted by atomic mass is 10.00. The van der Waals surface area contributed by atoms with E-state index in [9.17, 15) is 14.9 Å². The lowest BCUT2D eigenvalue weighted by Crippen LogP contribution is -2.47. The highest BCUT2D eigenvalue weighted by molar-refractivity contribution is 7.18. The predicted octanol–water partition coefficient (Wildman–Crippen LogP) is 1.90. The van der Waals surface area contributed by atoms with Gasteiger partial charge in [0, 0.05) is 4.88 Å². The van der Waals surface area contributed by atoms with Crippen molar-refractivity contribution in [3.05, 3.63) is 27.1 Å². The quantitative estimate of drug-likeness (QED) is 0.923. The van der Waals surface area contributed by atoms with Crippen LogP contribution in [0.2, 0.25) is 0 Å². The Hall–Kier alpha value is -2.20. The Morgan fingerprint density at radius 3 is 2.92 bits per heavy atom. The van der Waals surface area contributed by atoms with E-state index in [0.717, 1.165) is 42.5 Å². The van der Waals surface area contributed by atoms with Crippen molar-refractivity contribution in [3.8, 4) is 6.07 Å². The molecule has 0 saturated heterocycles. The number of nitrogens with one attached hydrogen (secondary N) is 1. The molecule has 2 aliphatic rings. The van der Waals surface area contributed by atoms with Crippen LogP contribution in [0, 0.1) is 11.3 Å². The van der Waals surface area contributed by atoms with Crippen LogP contribution < -0.4 is 10.9 Å². The van der Waals surface area contributed by atoms with E-state index in [4.69, 9.17) is 0 Å². The molecule has 0 bridgehead atoms. The smallest absolute Gasteiger partial charge is 0.262 e. The van der Waals surface area contributed by atoms with Gasteiger partial charge in [-0.15, -0.1) is 11.3 Å². The van der Waals surface area contributed by atoms with Crippen LogP contribution in [-0.2, 0) is 24.2 Å². The summed E-state index contributed by atoms with van der Waals surface area (Å²) in [5.41, 5.74) is 0.209. The lowest BCUT2D eigenvalue weighted by molar-refractivity contribution is -0.123. The zero-order valence-corrected chi connectivity index (χ0v) is 14.1. The van der Waals surface area contributed by atoms with Crippen molar-refractivity contribution in [1.29, 1.82) is 5.26 Å². The molecule has 1 amide bonds. The second kappa shape index (κ2) is 5.71. The predicted molar refractivity (Wildman–Crippen MR) is 90.9 cm³/mol. The average Bonchev–Trinajstić information content (AvgIpc) is 3.25. The molecule has 0 radical (unpaired) electrons. The van der Waals surface area contributed by atoms with Gasteiger partial charge in [-0.1, -0.05) is 0 Å². The van der Waals surface area contributed by atoms with Crippen molar-refractivity contribution in [2.24, 2.45) is 0 Å². The number of nitriles is 1. The van der Waals surface area contributed by atoms with E-state index >= 15 is 0 Å². The molecule has 4 rings (SSSR count). The normalized spacial score (nSPS) is 18.5. The van der Waals surface area contributed by atoms with Crippen LogP contribution in [0.3, 0.4) is 0 Å². The number of hydrogen-bond acceptors (Lipinski definition) is 5. The Morgan fingerprint density at radius 2 is 2.17 bits per heavy atom. The number of aromatic nitrogens is 2. The highest BCUT2D eigenvalue weighted by Crippen LogP contribution is 2.34. The van der Waals surface area contributed by atoms with Crippen molar-refractivity contribution >= 4 is 27.5 Å². The van der Waals surface area contributed by atoms with Crippen molar-refractivity contribution in [1.82, 2.24) is 14.9 Å². The van der Waals surface area contributed by atoms with Gasteiger partial charge in [-0.2, -0.15) is 5.26 Å². The van der Waals surface area contributed by atoms with Crippen LogP contribution in [0.4, 0.5) is 0 Å². The fraction of sp³-hybridized carbons (Fsp3) is 0.529. The van der Waals surface area contributed by atoms with Gasteiger partial charge < -0.3 is 5.32 Å². The Balaban J connectivity index is 1.61. The van der Waals surface area contributed by atoms with Crippen molar-refractivity contribution in [2.75, 3.05) is 0 Å². The van der Waals surface area contributed by atoms with Crippen LogP contribution in [0.25, 0.3) is 10.2 Å². The summed E-state index contributed by atoms with van der Waals surface area (Å²) in [7, 11) is 0. The fourth-order valence-electron chi connectivity index (χ4n) is 3.84. The first-order valence-corrected chi connectivity index (χ1v) is 9.15. The maximum absolute atomic E-state index is 12.8. The van der Waals surface area contributed by atoms with Gasteiger partial charge in [0.1, 0.15) is 16.9 Å². The number of thiophene rings is 1. The molecule has 124 valence electrons. The maximum Gasteiger partial charge on any atom is 0.262 e. The van der Waals surface area contributed by atoms with Gasteiger partial charge in [0.2, 0.25) is 5.91 Å². The molecule has 7 heteroatoms. The van der Waals surface area contributed by atoms with E-state index in [2.05, 4.69) is 16.4 Å². The van der Waals surface area contributed by atoms with Crippen LogP contribution >= 0.6 is 11.3 Å². The summed E-state index contributed by atoms with van der Waals surface area (Å²) in [6, 6.07) is 2.23. The molecular weight excluding hydrogens is 324 g/mol. The molecule has 1 fully saturated rings. The first kappa shape index (κ1) is 15.3. The van der Waals surface area contributed by atoms with Gasteiger partial charge in [-0.3, -0.25) is 14.2 Å². The van der Waals surface area contributed by atoms with E-state index < -0.39 is 5.54 Å². The number of aryl methyl sites for hydroxylation is 2. The van der Waals surface area contributed by atoms with Gasteiger partial charge in [0.25, 0.3) is 5.56 Å². The summed E-state index contributed by atoms with van der Waals surface area (Å²) in [6.45, 7) is -0.0875. The number of fused-ring (bicyclic) bond motifs is 3. The largest absolute Gasteiger partial charge is 0.336 e. The van der Waals surface area contributed by atoms with E-state index in [-0.39, 0.29) is 18.0 Å². The highest BCUT2D eigenvalue weighted by Gasteiger charge is 2.35. The van der Waals surface area contributed by atoms with Gasteiger partial charge in [0.15, 0.2) is 0 Å². The van der Waals surface area contributed by atoms with Gasteiger partial charge >= 0.3 is 0 Å². The molecule has 0 aromatic carbocycles. The maximum atomic E-state index is 12.8. The zero-order valence-electron chi connectivity index (χ0n) is 13.3. The standard InChI is InChI=1S/C17H18N4O2S/c18-9-17(6-1-2-7-17)20-13(22)8-21-10-19-15-14(16(21)23)11-4-3-5-12(11)24-15/h10H,1-8H2,(H,20,22). The Morgan fingerprint density at radius 1 is 1.38 bits per heavy atom. The second-order valence-corrected chi connectivity index (χ2v) is 7.75. The molecule has 0 spiro atoms. The third kappa shape index (κ3) is 2.42. The van der Waals surface area contributed by atoms with Gasteiger partial charge in [-0.25, -0.2) is 4.98 Å². The van der Waals surface area contributed by atoms with Crippen LogP contribution in [0.5, 0.6) is 0 Å². The number of rotatable bonds is 3. The summed E-state index contributed by atoms with van der Waals surface area (Å²) in [5.74, 6) is -0.298. The Labute approximate surface area is 143 Å². The molecule has 1 saturated carbocycles. The average molecular weight is 342 g/mol. The molecule has 1 N–H and O–H groups in total. The van der Waals surface area contributed by atoms with Crippen LogP contribution in [-0.4, -0.2) is 21.0 Å². The van der Waals surface area contributed by atoms with Crippen molar-refractivity contribution < 1.29 is 4.79 Å². The van der Waals surface area contributed by atoms with Crippen molar-refractivity contribution in [3.63, 3.8) is 0 Å². The first-order chi connectivity index (χ1) is 11.6. The Kier molecular flexibility index (Phi) is 3.65. The first-order valence-electron chi connectivity index (χ1n) is 8.34. The fourth-order valence-corrected chi connectivity index (χ4v) is 5.06. The molecule has 2 aliphatic carbocycles. The number of nitrogens with zero attached hydrogens (tertiary/aromatic N) is 3.